The fraction of sp³-hybridized carbons (Fsp3) is 0.458. The van der Waals surface area contributed by atoms with E-state index in [1.165, 1.54) is 4.80 Å². The van der Waals surface area contributed by atoms with Gasteiger partial charge in [0, 0.05) is 31.1 Å². The number of halogens is 4. The summed E-state index contributed by atoms with van der Waals surface area (Å²) >= 11 is 0. The van der Waals surface area contributed by atoms with Gasteiger partial charge in [0.2, 0.25) is 0 Å². The Morgan fingerprint density at radius 1 is 1.05 bits per heavy atom. The zero-order chi connectivity index (χ0) is 26.9. The molecule has 4 aromatic rings. The maximum Gasteiger partial charge on any atom is 0.416 e. The van der Waals surface area contributed by atoms with Crippen LogP contribution in [0.5, 0.6) is 0 Å². The van der Waals surface area contributed by atoms with Crippen LogP contribution in [0.2, 0.25) is 0 Å². The molecule has 0 saturated heterocycles. The van der Waals surface area contributed by atoms with Gasteiger partial charge in [-0.1, -0.05) is 18.9 Å². The zero-order valence-electron chi connectivity index (χ0n) is 21.1. The number of tetrazole rings is 1. The van der Waals surface area contributed by atoms with Crippen molar-refractivity contribution in [3.05, 3.63) is 58.2 Å². The Kier molecular flexibility index (Phi) is 7.44. The fourth-order valence-electron chi connectivity index (χ4n) is 4.27. The van der Waals surface area contributed by atoms with Crippen LogP contribution >= 0.6 is 0 Å². The second kappa shape index (κ2) is 10.4. The number of nitrogens with zero attached hydrogens (tertiary/aromatic N) is 8. The number of rotatable bonds is 9. The average molecular weight is 520 g/mol. The van der Waals surface area contributed by atoms with Gasteiger partial charge in [0.1, 0.15) is 5.82 Å². The van der Waals surface area contributed by atoms with E-state index in [1.807, 2.05) is 31.5 Å². The van der Waals surface area contributed by atoms with Crippen LogP contribution < -0.4 is 10.6 Å². The van der Waals surface area contributed by atoms with Crippen LogP contribution in [0.25, 0.3) is 11.0 Å². The highest BCUT2D eigenvalue weighted by Gasteiger charge is 2.32. The molecule has 0 aliphatic rings. The predicted molar refractivity (Wildman–Crippen MR) is 130 cm³/mol. The van der Waals surface area contributed by atoms with Gasteiger partial charge in [-0.05, 0) is 60.4 Å². The van der Waals surface area contributed by atoms with E-state index in [1.54, 1.807) is 11.9 Å². The van der Waals surface area contributed by atoms with Gasteiger partial charge in [0.05, 0.1) is 24.0 Å². The van der Waals surface area contributed by atoms with Crippen molar-refractivity contribution >= 4 is 17.0 Å². The van der Waals surface area contributed by atoms with Gasteiger partial charge in [-0.3, -0.25) is 0 Å². The molecule has 0 spiro atoms. The number of hydrogen-bond acceptors (Lipinski definition) is 7. The SMILES string of the molecule is CCc1nn(CC)c2nc(C(N)CC)c(CN(Cc3cc(F)cc(C(F)(F)F)c3)c3nnn(C)n3)cc12. The van der Waals surface area contributed by atoms with E-state index in [4.69, 9.17) is 10.7 Å². The topological polar surface area (TPSA) is 104 Å². The van der Waals surface area contributed by atoms with Crippen molar-refractivity contribution in [3.8, 4) is 0 Å². The summed E-state index contributed by atoms with van der Waals surface area (Å²) in [5.74, 6) is -0.801. The molecule has 3 heterocycles. The number of anilines is 1. The molecule has 9 nitrogen and oxygen atoms in total. The lowest BCUT2D eigenvalue weighted by Crippen LogP contribution is -2.26. The van der Waals surface area contributed by atoms with Gasteiger partial charge in [-0.15, -0.1) is 5.10 Å². The minimum atomic E-state index is -4.68. The van der Waals surface area contributed by atoms with Gasteiger partial charge < -0.3 is 10.6 Å². The van der Waals surface area contributed by atoms with E-state index in [0.29, 0.717) is 31.1 Å². The molecule has 2 N–H and O–H groups in total. The zero-order valence-corrected chi connectivity index (χ0v) is 21.1. The Balaban J connectivity index is 1.82. The molecule has 13 heteroatoms. The standard InChI is InChI=1S/C24H29F4N9/c1-5-19(29)21-15(10-18-20(6-2)32-37(7-3)22(18)30-21)13-36(23-31-34-35(4)33-23)12-14-8-16(24(26,27)28)11-17(25)9-14/h8-11,19H,5-7,12-13,29H2,1-4H3. The third-order valence-electron chi connectivity index (χ3n) is 6.14. The van der Waals surface area contributed by atoms with Crippen molar-refractivity contribution in [2.75, 3.05) is 4.90 Å². The summed E-state index contributed by atoms with van der Waals surface area (Å²) in [6, 6.07) is 4.06. The number of aromatic nitrogens is 7. The molecule has 0 fully saturated rings. The summed E-state index contributed by atoms with van der Waals surface area (Å²) in [5.41, 5.74) is 8.51. The molecule has 1 aromatic carbocycles. The smallest absolute Gasteiger partial charge is 0.329 e. The van der Waals surface area contributed by atoms with Crippen molar-refractivity contribution in [1.82, 2.24) is 35.0 Å². The van der Waals surface area contributed by atoms with Crippen LogP contribution in [0.3, 0.4) is 0 Å². The molecule has 0 bridgehead atoms. The third kappa shape index (κ3) is 5.55. The Morgan fingerprint density at radius 3 is 2.41 bits per heavy atom. The second-order valence-electron chi connectivity index (χ2n) is 8.82. The third-order valence-corrected chi connectivity index (χ3v) is 6.14. The molecule has 0 amide bonds. The molecule has 3 aromatic heterocycles. The number of hydrogen-bond donors (Lipinski definition) is 1. The van der Waals surface area contributed by atoms with Crippen molar-refractivity contribution in [2.45, 2.75) is 65.5 Å². The van der Waals surface area contributed by atoms with Gasteiger partial charge in [0.25, 0.3) is 5.95 Å². The second-order valence-corrected chi connectivity index (χ2v) is 8.82. The molecule has 0 radical (unpaired) electrons. The molecule has 37 heavy (non-hydrogen) atoms. The Hall–Kier alpha value is -3.61. The Morgan fingerprint density at radius 2 is 1.81 bits per heavy atom. The highest BCUT2D eigenvalue weighted by atomic mass is 19.4. The van der Waals surface area contributed by atoms with Gasteiger partial charge in [-0.2, -0.15) is 23.1 Å². The number of alkyl halides is 3. The van der Waals surface area contributed by atoms with Crippen LogP contribution in [0.1, 0.15) is 61.3 Å². The predicted octanol–water partition coefficient (Wildman–Crippen LogP) is 4.31. The molecular weight excluding hydrogens is 490 g/mol. The maximum atomic E-state index is 14.1. The summed E-state index contributed by atoms with van der Waals surface area (Å²) < 4.78 is 56.0. The number of nitrogens with two attached hydrogens (primary N) is 1. The summed E-state index contributed by atoms with van der Waals surface area (Å²) in [6.07, 6.45) is -3.37. The lowest BCUT2D eigenvalue weighted by atomic mass is 10.0. The lowest BCUT2D eigenvalue weighted by Gasteiger charge is -2.24. The largest absolute Gasteiger partial charge is 0.416 e. The molecular formula is C24H29F4N9. The summed E-state index contributed by atoms with van der Waals surface area (Å²) in [5, 5.41) is 17.7. The van der Waals surface area contributed by atoms with Crippen LogP contribution in [0.15, 0.2) is 24.3 Å². The minimum absolute atomic E-state index is 0.0970. The van der Waals surface area contributed by atoms with E-state index in [-0.39, 0.29) is 30.6 Å². The van der Waals surface area contributed by atoms with Crippen molar-refractivity contribution in [1.29, 1.82) is 0 Å². The summed E-state index contributed by atoms with van der Waals surface area (Å²) in [4.78, 5) is 7.76. The highest BCUT2D eigenvalue weighted by Crippen LogP contribution is 2.32. The number of aryl methyl sites for hydroxylation is 3. The van der Waals surface area contributed by atoms with Crippen molar-refractivity contribution in [2.24, 2.45) is 12.8 Å². The Bertz CT molecular complexity index is 1390. The quantitative estimate of drug-likeness (QED) is 0.329. The normalized spacial score (nSPS) is 12.9. The van der Waals surface area contributed by atoms with E-state index in [0.717, 1.165) is 34.4 Å². The summed E-state index contributed by atoms with van der Waals surface area (Å²) in [7, 11) is 1.58. The maximum absolute atomic E-state index is 14.1. The van der Waals surface area contributed by atoms with E-state index >= 15 is 0 Å². The fourth-order valence-corrected chi connectivity index (χ4v) is 4.27. The van der Waals surface area contributed by atoms with Crippen molar-refractivity contribution < 1.29 is 17.6 Å². The van der Waals surface area contributed by atoms with E-state index < -0.39 is 17.6 Å². The summed E-state index contributed by atoms with van der Waals surface area (Å²) in [6.45, 7) is 6.64. The Labute approximate surface area is 211 Å². The highest BCUT2D eigenvalue weighted by molar-refractivity contribution is 5.80. The molecule has 0 aliphatic heterocycles. The van der Waals surface area contributed by atoms with Crippen molar-refractivity contribution in [3.63, 3.8) is 0 Å². The van der Waals surface area contributed by atoms with E-state index in [9.17, 15) is 17.6 Å². The number of pyridine rings is 1. The monoisotopic (exact) mass is 519 g/mol. The van der Waals surface area contributed by atoms with Crippen LogP contribution in [-0.2, 0) is 39.3 Å². The first kappa shape index (κ1) is 26.5. The van der Waals surface area contributed by atoms with Gasteiger partial charge in [-0.25, -0.2) is 14.1 Å². The minimum Gasteiger partial charge on any atom is -0.329 e. The first-order valence-corrected chi connectivity index (χ1v) is 12.0. The number of benzene rings is 1. The molecule has 0 saturated carbocycles. The van der Waals surface area contributed by atoms with Gasteiger partial charge in [0.15, 0.2) is 5.65 Å². The van der Waals surface area contributed by atoms with Crippen LogP contribution in [-0.4, -0.2) is 35.0 Å². The molecule has 4 rings (SSSR count). The first-order valence-electron chi connectivity index (χ1n) is 12.0. The average Bonchev–Trinajstić information content (AvgIpc) is 3.44. The number of fused-ring (bicyclic) bond motifs is 1. The first-order chi connectivity index (χ1) is 17.5. The lowest BCUT2D eigenvalue weighted by molar-refractivity contribution is -0.137. The molecule has 198 valence electrons. The van der Waals surface area contributed by atoms with Crippen LogP contribution in [0.4, 0.5) is 23.5 Å². The van der Waals surface area contributed by atoms with E-state index in [2.05, 4.69) is 20.5 Å². The molecule has 1 atom stereocenters. The molecule has 1 unspecified atom stereocenters. The molecule has 0 aliphatic carbocycles. The van der Waals surface area contributed by atoms with Crippen LogP contribution in [0, 0.1) is 5.82 Å². The van der Waals surface area contributed by atoms with Gasteiger partial charge >= 0.3 is 6.18 Å².